The SMILES string of the molecule is COc1cc2c(cc1OC)N=CN(Cl)C2. The zero-order chi connectivity index (χ0) is 10.8. The first kappa shape index (κ1) is 10.1. The minimum absolute atomic E-state index is 0.612. The number of fused-ring (bicyclic) bond motifs is 1. The number of hydrogen-bond donors (Lipinski definition) is 0. The minimum atomic E-state index is 0.612. The number of halogens is 1. The van der Waals surface area contributed by atoms with Crippen LogP contribution >= 0.6 is 11.8 Å². The van der Waals surface area contributed by atoms with Crippen LogP contribution in [0.3, 0.4) is 0 Å². The largest absolute Gasteiger partial charge is 0.493 e. The monoisotopic (exact) mass is 226 g/mol. The molecule has 0 spiro atoms. The first-order valence-corrected chi connectivity index (χ1v) is 4.80. The predicted octanol–water partition coefficient (Wildman–Crippen LogP) is 2.33. The summed E-state index contributed by atoms with van der Waals surface area (Å²) in [4.78, 5) is 4.19. The lowest BCUT2D eigenvalue weighted by Crippen LogP contribution is -2.12. The summed E-state index contributed by atoms with van der Waals surface area (Å²) in [6, 6.07) is 3.73. The zero-order valence-corrected chi connectivity index (χ0v) is 9.28. The van der Waals surface area contributed by atoms with Gasteiger partial charge in [0, 0.05) is 23.4 Å². The first-order chi connectivity index (χ1) is 7.24. The molecule has 15 heavy (non-hydrogen) atoms. The molecule has 0 bridgehead atoms. The van der Waals surface area contributed by atoms with E-state index in [0.29, 0.717) is 18.0 Å². The summed E-state index contributed by atoms with van der Waals surface area (Å²) in [5, 5.41) is 0. The molecule has 1 heterocycles. The number of nitrogens with zero attached hydrogens (tertiary/aromatic N) is 2. The van der Waals surface area contributed by atoms with E-state index in [-0.39, 0.29) is 0 Å². The van der Waals surface area contributed by atoms with Gasteiger partial charge in [-0.1, -0.05) is 0 Å². The van der Waals surface area contributed by atoms with Crippen LogP contribution in [0.5, 0.6) is 11.5 Å². The second-order valence-corrected chi connectivity index (χ2v) is 3.57. The standard InChI is InChI=1S/C10H11ClN2O2/c1-14-9-3-7-5-13(11)6-12-8(7)4-10(9)15-2/h3-4,6H,5H2,1-2H3. The van der Waals surface area contributed by atoms with Gasteiger partial charge in [0.2, 0.25) is 0 Å². The maximum Gasteiger partial charge on any atom is 0.162 e. The lowest BCUT2D eigenvalue weighted by atomic mass is 10.1. The Morgan fingerprint density at radius 3 is 2.60 bits per heavy atom. The van der Waals surface area contributed by atoms with E-state index in [2.05, 4.69) is 4.99 Å². The summed E-state index contributed by atoms with van der Waals surface area (Å²) in [6.45, 7) is 0.612. The van der Waals surface area contributed by atoms with E-state index in [9.17, 15) is 0 Å². The van der Waals surface area contributed by atoms with E-state index in [1.54, 1.807) is 20.6 Å². The van der Waals surface area contributed by atoms with Crippen LogP contribution in [0.2, 0.25) is 0 Å². The normalized spacial score (nSPS) is 13.7. The fourth-order valence-corrected chi connectivity index (χ4v) is 1.66. The average Bonchev–Trinajstić information content (AvgIpc) is 2.27. The third-order valence-electron chi connectivity index (χ3n) is 2.23. The van der Waals surface area contributed by atoms with Gasteiger partial charge in [-0.05, 0) is 6.07 Å². The molecule has 0 N–H and O–H groups in total. The molecule has 5 heteroatoms. The van der Waals surface area contributed by atoms with Crippen molar-refractivity contribution < 1.29 is 9.47 Å². The lowest BCUT2D eigenvalue weighted by Gasteiger charge is -2.19. The van der Waals surface area contributed by atoms with Gasteiger partial charge in [-0.2, -0.15) is 0 Å². The number of ether oxygens (including phenoxy) is 2. The fourth-order valence-electron chi connectivity index (χ4n) is 1.49. The third-order valence-corrected chi connectivity index (χ3v) is 2.44. The molecule has 0 amide bonds. The van der Waals surface area contributed by atoms with Crippen LogP contribution in [0.25, 0.3) is 0 Å². The molecule has 0 unspecified atom stereocenters. The van der Waals surface area contributed by atoms with E-state index in [1.807, 2.05) is 12.1 Å². The highest BCUT2D eigenvalue weighted by Gasteiger charge is 2.14. The highest BCUT2D eigenvalue weighted by Crippen LogP contribution is 2.36. The van der Waals surface area contributed by atoms with Crippen molar-refractivity contribution >= 4 is 23.8 Å². The van der Waals surface area contributed by atoms with Gasteiger partial charge in [-0.15, -0.1) is 0 Å². The van der Waals surface area contributed by atoms with E-state index in [1.165, 1.54) is 4.42 Å². The maximum absolute atomic E-state index is 5.83. The first-order valence-electron chi connectivity index (χ1n) is 4.46. The number of methoxy groups -OCH3 is 2. The molecular formula is C10H11ClN2O2. The van der Waals surface area contributed by atoms with Gasteiger partial charge in [0.1, 0.15) is 6.34 Å². The van der Waals surface area contributed by atoms with Gasteiger partial charge < -0.3 is 9.47 Å². The quantitative estimate of drug-likeness (QED) is 0.726. The van der Waals surface area contributed by atoms with E-state index >= 15 is 0 Å². The molecule has 0 saturated heterocycles. The molecule has 0 saturated carbocycles. The summed E-state index contributed by atoms with van der Waals surface area (Å²) in [7, 11) is 3.21. The Morgan fingerprint density at radius 1 is 1.27 bits per heavy atom. The van der Waals surface area contributed by atoms with E-state index < -0.39 is 0 Å². The maximum atomic E-state index is 5.83. The van der Waals surface area contributed by atoms with Crippen LogP contribution < -0.4 is 9.47 Å². The van der Waals surface area contributed by atoms with Gasteiger partial charge in [0.15, 0.2) is 11.5 Å². The van der Waals surface area contributed by atoms with Crippen molar-refractivity contribution in [3.05, 3.63) is 17.7 Å². The summed E-state index contributed by atoms with van der Waals surface area (Å²) in [6.07, 6.45) is 1.58. The van der Waals surface area contributed by atoms with Crippen LogP contribution in [-0.2, 0) is 6.54 Å². The zero-order valence-electron chi connectivity index (χ0n) is 8.53. The van der Waals surface area contributed by atoms with Gasteiger partial charge in [-0.3, -0.25) is 4.42 Å². The van der Waals surface area contributed by atoms with Crippen molar-refractivity contribution in [3.8, 4) is 11.5 Å². The van der Waals surface area contributed by atoms with Crippen LogP contribution in [0.1, 0.15) is 5.56 Å². The van der Waals surface area contributed by atoms with Crippen molar-refractivity contribution in [3.63, 3.8) is 0 Å². The minimum Gasteiger partial charge on any atom is -0.493 e. The van der Waals surface area contributed by atoms with Gasteiger partial charge in [0.05, 0.1) is 26.5 Å². The Balaban J connectivity index is 2.47. The summed E-state index contributed by atoms with van der Waals surface area (Å²) in [5.41, 5.74) is 1.88. The molecule has 2 rings (SSSR count). The van der Waals surface area contributed by atoms with Crippen LogP contribution in [0, 0.1) is 0 Å². The van der Waals surface area contributed by atoms with E-state index in [0.717, 1.165) is 11.3 Å². The van der Waals surface area contributed by atoms with Crippen LogP contribution in [0.15, 0.2) is 17.1 Å². The Morgan fingerprint density at radius 2 is 1.93 bits per heavy atom. The molecule has 1 aromatic carbocycles. The number of benzene rings is 1. The Labute approximate surface area is 93.2 Å². The van der Waals surface area contributed by atoms with Crippen molar-refractivity contribution in [2.24, 2.45) is 4.99 Å². The molecule has 0 fully saturated rings. The molecule has 1 aliphatic heterocycles. The number of rotatable bonds is 2. The molecule has 80 valence electrons. The smallest absolute Gasteiger partial charge is 0.162 e. The average molecular weight is 227 g/mol. The third kappa shape index (κ3) is 1.85. The molecule has 0 aromatic heterocycles. The van der Waals surface area contributed by atoms with Crippen LogP contribution in [0.4, 0.5) is 5.69 Å². The molecule has 0 atom stereocenters. The summed E-state index contributed by atoms with van der Waals surface area (Å²) < 4.78 is 11.9. The Bertz CT molecular complexity index is 407. The topological polar surface area (TPSA) is 34.1 Å². The fraction of sp³-hybridized carbons (Fsp3) is 0.300. The molecule has 4 nitrogen and oxygen atoms in total. The van der Waals surface area contributed by atoms with Crippen molar-refractivity contribution in [2.45, 2.75) is 6.54 Å². The van der Waals surface area contributed by atoms with Gasteiger partial charge in [0.25, 0.3) is 0 Å². The molecule has 0 aliphatic carbocycles. The van der Waals surface area contributed by atoms with Gasteiger partial charge >= 0.3 is 0 Å². The number of aliphatic imine (C=N–C) groups is 1. The Kier molecular flexibility index (Phi) is 2.68. The van der Waals surface area contributed by atoms with Crippen molar-refractivity contribution in [1.29, 1.82) is 0 Å². The van der Waals surface area contributed by atoms with Crippen LogP contribution in [-0.4, -0.2) is 25.0 Å². The Hall–Kier alpha value is -1.42. The summed E-state index contributed by atoms with van der Waals surface area (Å²) >= 11 is 5.83. The van der Waals surface area contributed by atoms with Crippen molar-refractivity contribution in [2.75, 3.05) is 14.2 Å². The molecule has 1 aromatic rings. The lowest BCUT2D eigenvalue weighted by molar-refractivity contribution is 0.354. The molecular weight excluding hydrogens is 216 g/mol. The second kappa shape index (κ2) is 3.98. The molecule has 0 radical (unpaired) electrons. The van der Waals surface area contributed by atoms with Crippen molar-refractivity contribution in [1.82, 2.24) is 4.42 Å². The summed E-state index contributed by atoms with van der Waals surface area (Å²) in [5.74, 6) is 1.37. The predicted molar refractivity (Wildman–Crippen MR) is 59.1 cm³/mol. The number of hydrogen-bond acceptors (Lipinski definition) is 4. The van der Waals surface area contributed by atoms with E-state index in [4.69, 9.17) is 21.3 Å². The molecule has 1 aliphatic rings. The highest BCUT2D eigenvalue weighted by molar-refractivity contribution is 6.19. The highest BCUT2D eigenvalue weighted by atomic mass is 35.5. The second-order valence-electron chi connectivity index (χ2n) is 3.14. The van der Waals surface area contributed by atoms with Gasteiger partial charge in [-0.25, -0.2) is 4.99 Å².